The van der Waals surface area contributed by atoms with Gasteiger partial charge in [-0.25, -0.2) is 0 Å². The number of hydrogen-bond donors (Lipinski definition) is 0. The number of methoxy groups -OCH3 is 2. The lowest BCUT2D eigenvalue weighted by Crippen LogP contribution is -2.09. The molecule has 5 heteroatoms. The summed E-state index contributed by atoms with van der Waals surface area (Å²) in [5.41, 5.74) is 2.26. The van der Waals surface area contributed by atoms with E-state index in [0.717, 1.165) is 5.56 Å². The van der Waals surface area contributed by atoms with Crippen molar-refractivity contribution < 1.29 is 23.5 Å². The second kappa shape index (κ2) is 6.58. The van der Waals surface area contributed by atoms with Crippen LogP contribution in [0.4, 0.5) is 0 Å². The van der Waals surface area contributed by atoms with E-state index in [1.54, 1.807) is 43.5 Å². The average Bonchev–Trinajstić information content (AvgIpc) is 2.99. The van der Waals surface area contributed by atoms with Crippen LogP contribution in [0.5, 0.6) is 5.75 Å². The summed E-state index contributed by atoms with van der Waals surface area (Å²) < 4.78 is 15.4. The van der Waals surface area contributed by atoms with E-state index in [-0.39, 0.29) is 12.2 Å². The maximum Gasteiger partial charge on any atom is 0.310 e. The monoisotopic (exact) mass is 324 g/mol. The van der Waals surface area contributed by atoms with E-state index in [4.69, 9.17) is 13.9 Å². The van der Waals surface area contributed by atoms with Crippen LogP contribution in [-0.4, -0.2) is 26.0 Å². The lowest BCUT2D eigenvalue weighted by atomic mass is 10.0. The molecular formula is C19H16O5. The summed E-state index contributed by atoms with van der Waals surface area (Å²) >= 11 is 0. The zero-order valence-electron chi connectivity index (χ0n) is 13.4. The van der Waals surface area contributed by atoms with Gasteiger partial charge < -0.3 is 13.9 Å². The van der Waals surface area contributed by atoms with Gasteiger partial charge in [-0.1, -0.05) is 0 Å². The minimum absolute atomic E-state index is 0.0231. The SMILES string of the molecule is COC(=O)Cc1c(C(=O)c2ccc(OC)cc2)cc2cccoc1-2. The highest BCUT2D eigenvalue weighted by atomic mass is 16.5. The van der Waals surface area contributed by atoms with Gasteiger partial charge >= 0.3 is 5.97 Å². The number of ether oxygens (including phenoxy) is 2. The van der Waals surface area contributed by atoms with E-state index < -0.39 is 5.97 Å². The highest BCUT2D eigenvalue weighted by Crippen LogP contribution is 2.33. The minimum atomic E-state index is -0.426. The highest BCUT2D eigenvalue weighted by Gasteiger charge is 2.25. The standard InChI is InChI=1S/C19H16O5/c1-22-14-7-5-12(6-8-14)18(21)15-10-13-4-3-9-24-19(13)16(15)11-17(20)23-2/h3-10H,11H2,1-2H3. The average molecular weight is 324 g/mol. The number of carbonyl (C=O) groups is 2. The Bertz CT molecular complexity index is 845. The van der Waals surface area contributed by atoms with Crippen LogP contribution in [0.3, 0.4) is 0 Å². The van der Waals surface area contributed by atoms with Gasteiger partial charge in [0, 0.05) is 22.3 Å². The fourth-order valence-corrected chi connectivity index (χ4v) is 2.61. The molecule has 0 radical (unpaired) electrons. The first kappa shape index (κ1) is 15.8. The van der Waals surface area contributed by atoms with Crippen LogP contribution in [0.15, 0.2) is 53.1 Å². The van der Waals surface area contributed by atoms with Crippen LogP contribution < -0.4 is 4.74 Å². The molecule has 1 heterocycles. The van der Waals surface area contributed by atoms with Gasteiger partial charge in [0.15, 0.2) is 5.78 Å². The lowest BCUT2D eigenvalue weighted by molar-refractivity contribution is -0.139. The van der Waals surface area contributed by atoms with E-state index >= 15 is 0 Å². The first-order chi connectivity index (χ1) is 11.6. The summed E-state index contributed by atoms with van der Waals surface area (Å²) in [4.78, 5) is 24.6. The fourth-order valence-electron chi connectivity index (χ4n) is 2.61. The van der Waals surface area contributed by atoms with Crippen LogP contribution in [0.2, 0.25) is 0 Å². The van der Waals surface area contributed by atoms with Crippen LogP contribution in [0, 0.1) is 0 Å². The lowest BCUT2D eigenvalue weighted by Gasteiger charge is -2.06. The second-order valence-electron chi connectivity index (χ2n) is 5.24. The van der Waals surface area contributed by atoms with Crippen molar-refractivity contribution in [3.05, 3.63) is 65.4 Å². The van der Waals surface area contributed by atoms with Gasteiger partial charge in [-0.2, -0.15) is 0 Å². The highest BCUT2D eigenvalue weighted by molar-refractivity contribution is 6.12. The summed E-state index contributed by atoms with van der Waals surface area (Å²) in [7, 11) is 2.88. The van der Waals surface area contributed by atoms with E-state index in [9.17, 15) is 9.59 Å². The summed E-state index contributed by atoms with van der Waals surface area (Å²) in [5, 5.41) is 0. The zero-order valence-corrected chi connectivity index (χ0v) is 13.4. The molecule has 122 valence electrons. The summed E-state index contributed by atoms with van der Waals surface area (Å²) in [5.74, 6) is 0.594. The Morgan fingerprint density at radius 2 is 1.83 bits per heavy atom. The predicted molar refractivity (Wildman–Crippen MR) is 87.5 cm³/mol. The van der Waals surface area contributed by atoms with Gasteiger partial charge in [0.25, 0.3) is 0 Å². The first-order valence-electron chi connectivity index (χ1n) is 7.38. The van der Waals surface area contributed by atoms with Gasteiger partial charge in [-0.05, 0) is 42.5 Å². The van der Waals surface area contributed by atoms with Crippen molar-refractivity contribution in [3.8, 4) is 17.1 Å². The molecule has 24 heavy (non-hydrogen) atoms. The smallest absolute Gasteiger partial charge is 0.310 e. The molecule has 3 rings (SSSR count). The van der Waals surface area contributed by atoms with Crippen molar-refractivity contribution in [1.29, 1.82) is 0 Å². The molecule has 2 aliphatic rings. The molecule has 1 aliphatic carbocycles. The number of carbonyl (C=O) groups excluding carboxylic acids is 2. The Hall–Kier alpha value is -3.08. The minimum Gasteiger partial charge on any atom is -0.497 e. The molecule has 5 nitrogen and oxygen atoms in total. The van der Waals surface area contributed by atoms with Crippen molar-refractivity contribution in [2.75, 3.05) is 14.2 Å². The Balaban J connectivity index is 2.06. The number of fused-ring (bicyclic) bond motifs is 1. The van der Waals surface area contributed by atoms with Gasteiger partial charge in [-0.3, -0.25) is 9.59 Å². The molecule has 0 saturated carbocycles. The number of ketones is 1. The van der Waals surface area contributed by atoms with Crippen LogP contribution in [0.25, 0.3) is 11.3 Å². The van der Waals surface area contributed by atoms with Crippen molar-refractivity contribution in [1.82, 2.24) is 0 Å². The third-order valence-electron chi connectivity index (χ3n) is 3.85. The molecule has 0 spiro atoms. The third-order valence-corrected chi connectivity index (χ3v) is 3.85. The Labute approximate surface area is 139 Å². The zero-order chi connectivity index (χ0) is 17.1. The Morgan fingerprint density at radius 1 is 1.08 bits per heavy atom. The molecule has 0 atom stereocenters. The maximum absolute atomic E-state index is 12.9. The largest absolute Gasteiger partial charge is 0.497 e. The molecule has 1 aromatic rings. The van der Waals surface area contributed by atoms with E-state index in [1.165, 1.54) is 13.4 Å². The van der Waals surface area contributed by atoms with Gasteiger partial charge in [0.05, 0.1) is 26.9 Å². The Morgan fingerprint density at radius 3 is 2.50 bits per heavy atom. The number of benzene rings is 1. The van der Waals surface area contributed by atoms with Crippen LogP contribution in [-0.2, 0) is 16.0 Å². The fraction of sp³-hybridized carbons (Fsp3) is 0.158. The van der Waals surface area contributed by atoms with Gasteiger partial charge in [-0.15, -0.1) is 0 Å². The van der Waals surface area contributed by atoms with Crippen molar-refractivity contribution in [2.24, 2.45) is 0 Å². The van der Waals surface area contributed by atoms with Crippen LogP contribution in [0.1, 0.15) is 21.5 Å². The predicted octanol–water partition coefficient (Wildman–Crippen LogP) is 3.34. The molecule has 0 aromatic heterocycles. The quantitative estimate of drug-likeness (QED) is 0.532. The molecule has 0 saturated heterocycles. The summed E-state index contributed by atoms with van der Waals surface area (Å²) in [6.45, 7) is 0. The molecule has 0 amide bonds. The molecule has 0 bridgehead atoms. The second-order valence-corrected chi connectivity index (χ2v) is 5.24. The number of esters is 1. The Kier molecular flexibility index (Phi) is 4.33. The maximum atomic E-state index is 12.9. The first-order valence-corrected chi connectivity index (χ1v) is 7.38. The van der Waals surface area contributed by atoms with E-state index in [0.29, 0.717) is 28.2 Å². The van der Waals surface area contributed by atoms with Crippen molar-refractivity contribution in [3.63, 3.8) is 0 Å². The number of hydrogen-bond acceptors (Lipinski definition) is 5. The summed E-state index contributed by atoms with van der Waals surface area (Å²) in [6, 6.07) is 12.1. The third kappa shape index (κ3) is 2.88. The molecule has 0 unspecified atom stereocenters. The van der Waals surface area contributed by atoms with E-state index in [1.807, 2.05) is 6.07 Å². The van der Waals surface area contributed by atoms with Gasteiger partial charge in [0.1, 0.15) is 11.5 Å². The molecular weight excluding hydrogens is 308 g/mol. The normalized spacial score (nSPS) is 10.6. The van der Waals surface area contributed by atoms with Crippen LogP contribution >= 0.6 is 0 Å². The van der Waals surface area contributed by atoms with Crippen molar-refractivity contribution >= 4 is 11.8 Å². The van der Waals surface area contributed by atoms with Gasteiger partial charge in [0.2, 0.25) is 0 Å². The molecule has 0 N–H and O–H groups in total. The number of rotatable bonds is 5. The molecule has 1 aromatic carbocycles. The topological polar surface area (TPSA) is 65.7 Å². The van der Waals surface area contributed by atoms with Crippen molar-refractivity contribution in [2.45, 2.75) is 6.42 Å². The molecule has 1 aliphatic heterocycles. The molecule has 0 fully saturated rings. The summed E-state index contributed by atoms with van der Waals surface area (Å²) in [6.07, 6.45) is 1.50. The van der Waals surface area contributed by atoms with E-state index in [2.05, 4.69) is 0 Å².